The molecule has 0 aliphatic carbocycles. The quantitative estimate of drug-likeness (QED) is 0.839. The van der Waals surface area contributed by atoms with E-state index in [1.165, 1.54) is 11.3 Å². The van der Waals surface area contributed by atoms with Gasteiger partial charge in [0.1, 0.15) is 18.1 Å². The van der Waals surface area contributed by atoms with Crippen molar-refractivity contribution in [3.63, 3.8) is 0 Å². The van der Waals surface area contributed by atoms with E-state index in [0.29, 0.717) is 18.8 Å². The van der Waals surface area contributed by atoms with Crippen LogP contribution in [0.1, 0.15) is 10.5 Å². The van der Waals surface area contributed by atoms with Gasteiger partial charge in [0.2, 0.25) is 0 Å². The van der Waals surface area contributed by atoms with Crippen molar-refractivity contribution in [1.82, 2.24) is 9.88 Å². The summed E-state index contributed by atoms with van der Waals surface area (Å²) in [5.74, 6) is 0.707. The Bertz CT molecular complexity index is 528. The van der Waals surface area contributed by atoms with Crippen LogP contribution in [0.25, 0.3) is 0 Å². The molecule has 0 saturated heterocycles. The molecule has 4 nitrogen and oxygen atoms in total. The third-order valence-corrected chi connectivity index (χ3v) is 3.62. The molecule has 0 unspecified atom stereocenters. The zero-order valence-electron chi connectivity index (χ0n) is 10.4. The maximum absolute atomic E-state index is 11.9. The molecule has 0 N–H and O–H groups in total. The minimum absolute atomic E-state index is 0.0827. The second-order valence-electron chi connectivity index (χ2n) is 3.90. The highest BCUT2D eigenvalue weighted by atomic mass is 79.9. The zero-order valence-corrected chi connectivity index (χ0v) is 12.8. The van der Waals surface area contributed by atoms with Gasteiger partial charge in [-0.05, 0) is 24.3 Å². The summed E-state index contributed by atoms with van der Waals surface area (Å²) in [6.07, 6.45) is 0. The Morgan fingerprint density at radius 1 is 1.42 bits per heavy atom. The van der Waals surface area contributed by atoms with Crippen LogP contribution >= 0.6 is 27.3 Å². The van der Waals surface area contributed by atoms with E-state index in [1.807, 2.05) is 24.3 Å². The van der Waals surface area contributed by atoms with Crippen molar-refractivity contribution >= 4 is 33.2 Å². The first-order valence-corrected chi connectivity index (χ1v) is 7.42. The van der Waals surface area contributed by atoms with Crippen LogP contribution < -0.4 is 4.74 Å². The Kier molecular flexibility index (Phi) is 4.93. The molecule has 1 aromatic carbocycles. The second-order valence-corrected chi connectivity index (χ2v) is 5.54. The third kappa shape index (κ3) is 4.04. The Morgan fingerprint density at radius 3 is 2.79 bits per heavy atom. The number of rotatable bonds is 5. The normalized spacial score (nSPS) is 10.2. The van der Waals surface area contributed by atoms with E-state index in [9.17, 15) is 4.79 Å². The van der Waals surface area contributed by atoms with Crippen LogP contribution in [0.3, 0.4) is 0 Å². The largest absolute Gasteiger partial charge is 0.492 e. The monoisotopic (exact) mass is 340 g/mol. The SMILES string of the molecule is CN(CCOc1ccc(Br)cc1)C(=O)c1cscn1. The lowest BCUT2D eigenvalue weighted by Crippen LogP contribution is -2.31. The zero-order chi connectivity index (χ0) is 13.7. The number of halogens is 1. The third-order valence-electron chi connectivity index (χ3n) is 2.51. The molecule has 19 heavy (non-hydrogen) atoms. The number of likely N-dealkylation sites (N-methyl/N-ethyl adjacent to an activating group) is 1. The van der Waals surface area contributed by atoms with E-state index in [-0.39, 0.29) is 5.91 Å². The predicted molar refractivity (Wildman–Crippen MR) is 78.7 cm³/mol. The summed E-state index contributed by atoms with van der Waals surface area (Å²) in [5, 5.41) is 1.74. The fraction of sp³-hybridized carbons (Fsp3) is 0.231. The van der Waals surface area contributed by atoms with Crippen molar-refractivity contribution in [3.05, 3.63) is 45.3 Å². The molecule has 1 aromatic heterocycles. The number of carbonyl (C=O) groups is 1. The summed E-state index contributed by atoms with van der Waals surface area (Å²) in [6.45, 7) is 0.973. The number of nitrogens with zero attached hydrogens (tertiary/aromatic N) is 2. The first kappa shape index (κ1) is 14.0. The molecule has 2 rings (SSSR count). The van der Waals surface area contributed by atoms with Crippen molar-refractivity contribution in [3.8, 4) is 5.75 Å². The number of aromatic nitrogens is 1. The second kappa shape index (κ2) is 6.68. The van der Waals surface area contributed by atoms with Gasteiger partial charge in [-0.3, -0.25) is 4.79 Å². The Balaban J connectivity index is 1.79. The van der Waals surface area contributed by atoms with Crippen LogP contribution in [-0.2, 0) is 0 Å². The van der Waals surface area contributed by atoms with Crippen molar-refractivity contribution in [2.45, 2.75) is 0 Å². The standard InChI is InChI=1S/C13H13BrN2O2S/c1-16(13(17)12-8-19-9-15-12)6-7-18-11-4-2-10(14)3-5-11/h2-5,8-9H,6-7H2,1H3. The van der Waals surface area contributed by atoms with Gasteiger partial charge in [0.15, 0.2) is 0 Å². The van der Waals surface area contributed by atoms with E-state index in [4.69, 9.17) is 4.74 Å². The number of hydrogen-bond acceptors (Lipinski definition) is 4. The Labute approximate surface area is 124 Å². The van der Waals surface area contributed by atoms with Gasteiger partial charge in [0.25, 0.3) is 5.91 Å². The van der Waals surface area contributed by atoms with Crippen molar-refractivity contribution in [2.24, 2.45) is 0 Å². The van der Waals surface area contributed by atoms with Crippen LogP contribution in [0.4, 0.5) is 0 Å². The molecular formula is C13H13BrN2O2S. The summed E-state index contributed by atoms with van der Waals surface area (Å²) >= 11 is 4.78. The predicted octanol–water partition coefficient (Wildman–Crippen LogP) is 3.06. The van der Waals surface area contributed by atoms with E-state index in [2.05, 4.69) is 20.9 Å². The highest BCUT2D eigenvalue weighted by Crippen LogP contribution is 2.16. The summed E-state index contributed by atoms with van der Waals surface area (Å²) in [4.78, 5) is 17.5. The van der Waals surface area contributed by atoms with E-state index < -0.39 is 0 Å². The van der Waals surface area contributed by atoms with Crippen molar-refractivity contribution in [2.75, 3.05) is 20.2 Å². The first-order valence-electron chi connectivity index (χ1n) is 5.69. The molecule has 100 valence electrons. The van der Waals surface area contributed by atoms with Crippen LogP contribution in [-0.4, -0.2) is 36.0 Å². The van der Waals surface area contributed by atoms with Gasteiger partial charge in [-0.15, -0.1) is 11.3 Å². The number of carbonyl (C=O) groups excluding carboxylic acids is 1. The molecule has 0 spiro atoms. The smallest absolute Gasteiger partial charge is 0.273 e. The fourth-order valence-corrected chi connectivity index (χ4v) is 2.24. The maximum atomic E-state index is 11.9. The highest BCUT2D eigenvalue weighted by Gasteiger charge is 2.12. The topological polar surface area (TPSA) is 42.4 Å². The van der Waals surface area contributed by atoms with E-state index >= 15 is 0 Å². The molecule has 0 radical (unpaired) electrons. The minimum Gasteiger partial charge on any atom is -0.492 e. The lowest BCUT2D eigenvalue weighted by atomic mass is 10.3. The van der Waals surface area contributed by atoms with Gasteiger partial charge >= 0.3 is 0 Å². The minimum atomic E-state index is -0.0827. The molecule has 1 amide bonds. The molecule has 0 bridgehead atoms. The summed E-state index contributed by atoms with van der Waals surface area (Å²) in [7, 11) is 1.74. The number of benzene rings is 1. The maximum Gasteiger partial charge on any atom is 0.273 e. The number of ether oxygens (including phenoxy) is 1. The molecule has 0 aliphatic heterocycles. The molecule has 6 heteroatoms. The summed E-state index contributed by atoms with van der Waals surface area (Å²) in [6, 6.07) is 7.59. The molecule has 0 saturated carbocycles. The van der Waals surface area contributed by atoms with Gasteiger partial charge < -0.3 is 9.64 Å². The van der Waals surface area contributed by atoms with Crippen molar-refractivity contribution < 1.29 is 9.53 Å². The molecule has 0 aliphatic rings. The van der Waals surface area contributed by atoms with Gasteiger partial charge in [-0.2, -0.15) is 0 Å². The average Bonchev–Trinajstić information content (AvgIpc) is 2.94. The molecule has 2 aromatic rings. The fourth-order valence-electron chi connectivity index (χ4n) is 1.45. The van der Waals surface area contributed by atoms with Gasteiger partial charge in [-0.1, -0.05) is 15.9 Å². The van der Waals surface area contributed by atoms with Crippen molar-refractivity contribution in [1.29, 1.82) is 0 Å². The summed E-state index contributed by atoms with van der Waals surface area (Å²) in [5.41, 5.74) is 2.13. The van der Waals surface area contributed by atoms with Crippen LogP contribution in [0.15, 0.2) is 39.6 Å². The van der Waals surface area contributed by atoms with Gasteiger partial charge in [-0.25, -0.2) is 4.98 Å². The molecule has 1 heterocycles. The first-order chi connectivity index (χ1) is 9.16. The number of amides is 1. The Hall–Kier alpha value is -1.40. The van der Waals surface area contributed by atoms with Gasteiger partial charge in [0, 0.05) is 16.9 Å². The lowest BCUT2D eigenvalue weighted by molar-refractivity contribution is 0.0769. The lowest BCUT2D eigenvalue weighted by Gasteiger charge is -2.16. The highest BCUT2D eigenvalue weighted by molar-refractivity contribution is 9.10. The Morgan fingerprint density at radius 2 is 2.16 bits per heavy atom. The molecular weight excluding hydrogens is 328 g/mol. The number of thiazole rings is 1. The molecule has 0 fully saturated rings. The summed E-state index contributed by atoms with van der Waals surface area (Å²) < 4.78 is 6.58. The van der Waals surface area contributed by atoms with Crippen LogP contribution in [0, 0.1) is 0 Å². The van der Waals surface area contributed by atoms with Crippen LogP contribution in [0.5, 0.6) is 5.75 Å². The molecule has 0 atom stereocenters. The average molecular weight is 341 g/mol. The van der Waals surface area contributed by atoms with E-state index in [1.54, 1.807) is 22.8 Å². The van der Waals surface area contributed by atoms with Crippen LogP contribution in [0.2, 0.25) is 0 Å². The van der Waals surface area contributed by atoms with Gasteiger partial charge in [0.05, 0.1) is 12.1 Å². The number of hydrogen-bond donors (Lipinski definition) is 0. The van der Waals surface area contributed by atoms with E-state index in [0.717, 1.165) is 10.2 Å².